The van der Waals surface area contributed by atoms with Crippen LogP contribution in [0.25, 0.3) is 0 Å². The molecule has 94 valence electrons. The first-order valence-corrected chi connectivity index (χ1v) is 7.28. The molecule has 1 N–H and O–H groups in total. The predicted octanol–water partition coefficient (Wildman–Crippen LogP) is 2.18. The van der Waals surface area contributed by atoms with Gasteiger partial charge in [0.25, 0.3) is 0 Å². The Morgan fingerprint density at radius 3 is 3.00 bits per heavy atom. The highest BCUT2D eigenvalue weighted by atomic mass is 32.1. The Labute approximate surface area is 115 Å². The maximum atomic E-state index is 8.64. The summed E-state index contributed by atoms with van der Waals surface area (Å²) in [6.45, 7) is 1.67. The van der Waals surface area contributed by atoms with Crippen molar-refractivity contribution in [3.63, 3.8) is 0 Å². The molecular weight excluding hydrogens is 264 g/mol. The highest BCUT2D eigenvalue weighted by Gasteiger charge is 2.05. The van der Waals surface area contributed by atoms with E-state index < -0.39 is 0 Å². The monoisotopic (exact) mass is 278 g/mol. The quantitative estimate of drug-likeness (QED) is 0.871. The number of aromatic nitrogens is 1. The Morgan fingerprint density at radius 1 is 1.39 bits per heavy atom. The highest BCUT2D eigenvalue weighted by Crippen LogP contribution is 2.17. The fourth-order valence-electron chi connectivity index (χ4n) is 1.57. The second-order valence-corrected chi connectivity index (χ2v) is 5.76. The van der Waals surface area contributed by atoms with Crippen LogP contribution in [-0.4, -0.2) is 28.6 Å². The standard InChI is InChI=1S/C13H14N2OS2/c1-15(7-11-9-17-10-14-11)8-13-5-4-12(18-13)3-2-6-16/h4-5,9-10,16H,6-8H2,1H3. The summed E-state index contributed by atoms with van der Waals surface area (Å²) < 4.78 is 0. The molecule has 0 aliphatic carbocycles. The molecule has 0 amide bonds. The zero-order valence-electron chi connectivity index (χ0n) is 10.1. The average molecular weight is 278 g/mol. The van der Waals surface area contributed by atoms with Crippen LogP contribution in [0.1, 0.15) is 15.4 Å². The number of hydrogen-bond acceptors (Lipinski definition) is 5. The average Bonchev–Trinajstić information content (AvgIpc) is 2.98. The zero-order chi connectivity index (χ0) is 12.8. The largest absolute Gasteiger partial charge is 0.384 e. The molecule has 0 bridgehead atoms. The molecule has 0 saturated heterocycles. The molecule has 0 atom stereocenters. The maximum Gasteiger partial charge on any atom is 0.104 e. The van der Waals surface area contributed by atoms with E-state index in [-0.39, 0.29) is 6.61 Å². The maximum absolute atomic E-state index is 8.64. The topological polar surface area (TPSA) is 36.4 Å². The van der Waals surface area contributed by atoms with Gasteiger partial charge >= 0.3 is 0 Å². The summed E-state index contributed by atoms with van der Waals surface area (Å²) in [7, 11) is 2.08. The number of rotatable bonds is 4. The second-order valence-electron chi connectivity index (χ2n) is 3.88. The van der Waals surface area contributed by atoms with E-state index in [1.807, 2.05) is 11.6 Å². The summed E-state index contributed by atoms with van der Waals surface area (Å²) in [5, 5.41) is 10.7. The number of hydrogen-bond donors (Lipinski definition) is 1. The summed E-state index contributed by atoms with van der Waals surface area (Å²) in [4.78, 5) is 8.77. The first-order chi connectivity index (χ1) is 8.78. The van der Waals surface area contributed by atoms with Crippen LogP contribution < -0.4 is 0 Å². The van der Waals surface area contributed by atoms with Gasteiger partial charge in [-0.1, -0.05) is 11.8 Å². The van der Waals surface area contributed by atoms with Crippen LogP contribution in [0.5, 0.6) is 0 Å². The van der Waals surface area contributed by atoms with Crippen LogP contribution in [0.2, 0.25) is 0 Å². The first kappa shape index (κ1) is 13.2. The molecule has 2 aromatic rings. The Morgan fingerprint density at radius 2 is 2.28 bits per heavy atom. The van der Waals surface area contributed by atoms with Crippen molar-refractivity contribution in [2.45, 2.75) is 13.1 Å². The third-order valence-corrected chi connectivity index (χ3v) is 3.91. The van der Waals surface area contributed by atoms with Gasteiger partial charge < -0.3 is 5.11 Å². The SMILES string of the molecule is CN(Cc1cscn1)Cc1ccc(C#CCO)s1. The van der Waals surface area contributed by atoms with Gasteiger partial charge in [-0.3, -0.25) is 4.90 Å². The highest BCUT2D eigenvalue weighted by molar-refractivity contribution is 7.12. The van der Waals surface area contributed by atoms with E-state index in [1.54, 1.807) is 22.7 Å². The van der Waals surface area contributed by atoms with E-state index >= 15 is 0 Å². The van der Waals surface area contributed by atoms with Crippen molar-refractivity contribution in [3.8, 4) is 11.8 Å². The molecule has 0 aliphatic heterocycles. The molecule has 0 radical (unpaired) electrons. The molecule has 5 heteroatoms. The van der Waals surface area contributed by atoms with Crippen molar-refractivity contribution in [2.24, 2.45) is 0 Å². The van der Waals surface area contributed by atoms with Gasteiger partial charge in [-0.15, -0.1) is 22.7 Å². The lowest BCUT2D eigenvalue weighted by Crippen LogP contribution is -2.16. The van der Waals surface area contributed by atoms with E-state index in [4.69, 9.17) is 5.11 Å². The fourth-order valence-corrected chi connectivity index (χ4v) is 3.08. The summed E-state index contributed by atoms with van der Waals surface area (Å²) in [5.74, 6) is 5.58. The number of thiazole rings is 1. The smallest absolute Gasteiger partial charge is 0.104 e. The van der Waals surface area contributed by atoms with Gasteiger partial charge in [-0.25, -0.2) is 4.98 Å². The molecular formula is C13H14N2OS2. The van der Waals surface area contributed by atoms with Crippen molar-refractivity contribution >= 4 is 22.7 Å². The molecule has 2 aromatic heterocycles. The molecule has 0 saturated carbocycles. The van der Waals surface area contributed by atoms with Gasteiger partial charge in [0.1, 0.15) is 6.61 Å². The zero-order valence-corrected chi connectivity index (χ0v) is 11.7. The van der Waals surface area contributed by atoms with Gasteiger partial charge in [0.15, 0.2) is 0 Å². The third kappa shape index (κ3) is 3.93. The fraction of sp³-hybridized carbons (Fsp3) is 0.308. The Bertz CT molecular complexity index is 537. The van der Waals surface area contributed by atoms with E-state index in [9.17, 15) is 0 Å². The molecule has 0 fully saturated rings. The summed E-state index contributed by atoms with van der Waals surface area (Å²) in [6, 6.07) is 4.09. The lowest BCUT2D eigenvalue weighted by molar-refractivity contribution is 0.318. The van der Waals surface area contributed by atoms with Crippen LogP contribution in [0.3, 0.4) is 0 Å². The van der Waals surface area contributed by atoms with E-state index in [1.165, 1.54) is 4.88 Å². The van der Waals surface area contributed by atoms with Crippen molar-refractivity contribution < 1.29 is 5.11 Å². The van der Waals surface area contributed by atoms with E-state index in [0.29, 0.717) is 0 Å². The summed E-state index contributed by atoms with van der Waals surface area (Å²) >= 11 is 3.29. The van der Waals surface area contributed by atoms with Gasteiger partial charge in [0, 0.05) is 23.3 Å². The molecule has 0 spiro atoms. The van der Waals surface area contributed by atoms with Crippen LogP contribution in [-0.2, 0) is 13.1 Å². The molecule has 0 aromatic carbocycles. The van der Waals surface area contributed by atoms with Crippen molar-refractivity contribution in [1.82, 2.24) is 9.88 Å². The minimum atomic E-state index is -0.0863. The molecule has 2 rings (SSSR count). The van der Waals surface area contributed by atoms with Gasteiger partial charge in [-0.05, 0) is 19.2 Å². The normalized spacial score (nSPS) is 10.4. The minimum Gasteiger partial charge on any atom is -0.384 e. The Hall–Kier alpha value is -1.19. The molecule has 0 aliphatic rings. The van der Waals surface area contributed by atoms with Crippen LogP contribution >= 0.6 is 22.7 Å². The first-order valence-electron chi connectivity index (χ1n) is 5.52. The summed E-state index contributed by atoms with van der Waals surface area (Å²) in [6.07, 6.45) is 0. The lowest BCUT2D eigenvalue weighted by Gasteiger charge is -2.13. The van der Waals surface area contributed by atoms with Gasteiger partial charge in [0.05, 0.1) is 16.1 Å². The van der Waals surface area contributed by atoms with Crippen LogP contribution in [0.4, 0.5) is 0 Å². The molecule has 3 nitrogen and oxygen atoms in total. The van der Waals surface area contributed by atoms with Crippen molar-refractivity contribution in [3.05, 3.63) is 38.5 Å². The van der Waals surface area contributed by atoms with E-state index in [2.05, 4.69) is 40.2 Å². The van der Waals surface area contributed by atoms with Crippen LogP contribution in [0, 0.1) is 11.8 Å². The van der Waals surface area contributed by atoms with E-state index in [0.717, 1.165) is 23.7 Å². The number of thiophene rings is 1. The van der Waals surface area contributed by atoms with Crippen LogP contribution in [0.15, 0.2) is 23.0 Å². The van der Waals surface area contributed by atoms with Gasteiger partial charge in [-0.2, -0.15) is 0 Å². The number of aliphatic hydroxyl groups is 1. The molecule has 18 heavy (non-hydrogen) atoms. The number of aliphatic hydroxyl groups excluding tert-OH is 1. The number of nitrogens with zero attached hydrogens (tertiary/aromatic N) is 2. The summed E-state index contributed by atoms with van der Waals surface area (Å²) in [5.41, 5.74) is 2.97. The van der Waals surface area contributed by atoms with Crippen molar-refractivity contribution in [2.75, 3.05) is 13.7 Å². The second kappa shape index (κ2) is 6.66. The predicted molar refractivity (Wildman–Crippen MR) is 75.6 cm³/mol. The minimum absolute atomic E-state index is 0.0863. The Balaban J connectivity index is 1.90. The van der Waals surface area contributed by atoms with Gasteiger partial charge in [0.2, 0.25) is 0 Å². The molecule has 2 heterocycles. The lowest BCUT2D eigenvalue weighted by atomic mass is 10.4. The molecule has 0 unspecified atom stereocenters. The van der Waals surface area contributed by atoms with Crippen molar-refractivity contribution in [1.29, 1.82) is 0 Å². The third-order valence-electron chi connectivity index (χ3n) is 2.29. The Kier molecular flexibility index (Phi) is 4.90.